The third-order valence-corrected chi connectivity index (χ3v) is 4.17. The van der Waals surface area contributed by atoms with Gasteiger partial charge in [-0.05, 0) is 54.3 Å². The zero-order valence-electron chi connectivity index (χ0n) is 14.3. The predicted octanol–water partition coefficient (Wildman–Crippen LogP) is 3.67. The summed E-state index contributed by atoms with van der Waals surface area (Å²) < 4.78 is 43.2. The third-order valence-electron chi connectivity index (χ3n) is 4.17. The smallest absolute Gasteiger partial charge is 0.416 e. The fourth-order valence-electron chi connectivity index (χ4n) is 2.51. The second-order valence-corrected chi connectivity index (χ2v) is 6.24. The molecule has 0 aromatic heterocycles. The summed E-state index contributed by atoms with van der Waals surface area (Å²) >= 11 is 0. The number of hydrogen-bond acceptors (Lipinski definition) is 4. The van der Waals surface area contributed by atoms with Gasteiger partial charge in [0, 0.05) is 0 Å². The SMILES string of the molecule is CC(CC(O)C(N)CO)c1ccc(Oc2ccc(C(F)(F)F)cc2)cc1. The van der Waals surface area contributed by atoms with E-state index in [1.165, 1.54) is 12.1 Å². The number of aliphatic hydroxyl groups excluding tert-OH is 2. The molecule has 0 aliphatic rings. The highest BCUT2D eigenvalue weighted by Crippen LogP contribution is 2.32. The molecule has 0 spiro atoms. The van der Waals surface area contributed by atoms with Gasteiger partial charge >= 0.3 is 6.18 Å². The van der Waals surface area contributed by atoms with Crippen LogP contribution in [0.1, 0.15) is 30.4 Å². The van der Waals surface area contributed by atoms with Crippen molar-refractivity contribution < 1.29 is 28.1 Å². The molecule has 0 aliphatic heterocycles. The summed E-state index contributed by atoms with van der Waals surface area (Å²) in [5.74, 6) is 0.819. The fourth-order valence-corrected chi connectivity index (χ4v) is 2.51. The van der Waals surface area contributed by atoms with Gasteiger partial charge in [-0.25, -0.2) is 0 Å². The van der Waals surface area contributed by atoms with Crippen molar-refractivity contribution in [2.45, 2.75) is 37.6 Å². The van der Waals surface area contributed by atoms with Crippen molar-refractivity contribution in [2.75, 3.05) is 6.61 Å². The van der Waals surface area contributed by atoms with Crippen LogP contribution in [-0.2, 0) is 6.18 Å². The second kappa shape index (κ2) is 8.53. The molecule has 142 valence electrons. The third kappa shape index (κ3) is 5.45. The highest BCUT2D eigenvalue weighted by molar-refractivity contribution is 5.35. The molecule has 7 heteroatoms. The van der Waals surface area contributed by atoms with E-state index in [1.807, 2.05) is 19.1 Å². The Morgan fingerprint density at radius 1 is 1.00 bits per heavy atom. The molecule has 2 aromatic carbocycles. The van der Waals surface area contributed by atoms with Crippen molar-refractivity contribution in [3.8, 4) is 11.5 Å². The monoisotopic (exact) mass is 369 g/mol. The maximum atomic E-state index is 12.5. The lowest BCUT2D eigenvalue weighted by Crippen LogP contribution is -2.38. The molecular formula is C19H22F3NO3. The molecular weight excluding hydrogens is 347 g/mol. The van der Waals surface area contributed by atoms with Crippen LogP contribution >= 0.6 is 0 Å². The molecule has 3 unspecified atom stereocenters. The van der Waals surface area contributed by atoms with Crippen molar-refractivity contribution in [3.63, 3.8) is 0 Å². The van der Waals surface area contributed by atoms with Gasteiger partial charge in [0.1, 0.15) is 11.5 Å². The van der Waals surface area contributed by atoms with Gasteiger partial charge in [-0.15, -0.1) is 0 Å². The van der Waals surface area contributed by atoms with Crippen molar-refractivity contribution in [1.82, 2.24) is 0 Å². The lowest BCUT2D eigenvalue weighted by atomic mass is 9.92. The van der Waals surface area contributed by atoms with Gasteiger partial charge in [-0.1, -0.05) is 19.1 Å². The molecule has 2 rings (SSSR count). The van der Waals surface area contributed by atoms with Crippen molar-refractivity contribution in [1.29, 1.82) is 0 Å². The van der Waals surface area contributed by atoms with Crippen LogP contribution in [-0.4, -0.2) is 29.0 Å². The van der Waals surface area contributed by atoms with Crippen molar-refractivity contribution in [3.05, 3.63) is 59.7 Å². The summed E-state index contributed by atoms with van der Waals surface area (Å²) in [5, 5.41) is 18.9. The van der Waals surface area contributed by atoms with E-state index in [2.05, 4.69) is 0 Å². The number of hydrogen-bond donors (Lipinski definition) is 3. The Bertz CT molecular complexity index is 687. The summed E-state index contributed by atoms with van der Waals surface area (Å²) in [6.07, 6.45) is -4.78. The molecule has 3 atom stereocenters. The first-order valence-corrected chi connectivity index (χ1v) is 8.20. The molecule has 0 heterocycles. The maximum absolute atomic E-state index is 12.5. The van der Waals surface area contributed by atoms with E-state index in [1.54, 1.807) is 12.1 Å². The first-order valence-electron chi connectivity index (χ1n) is 8.20. The van der Waals surface area contributed by atoms with Gasteiger partial charge in [-0.3, -0.25) is 0 Å². The highest BCUT2D eigenvalue weighted by atomic mass is 19.4. The molecule has 0 radical (unpaired) electrons. The summed E-state index contributed by atoms with van der Waals surface area (Å²) in [4.78, 5) is 0. The van der Waals surface area contributed by atoms with E-state index < -0.39 is 23.9 Å². The van der Waals surface area contributed by atoms with Crippen LogP contribution in [0.2, 0.25) is 0 Å². The molecule has 0 aliphatic carbocycles. The summed E-state index contributed by atoms with van der Waals surface area (Å²) in [7, 11) is 0. The molecule has 4 nitrogen and oxygen atoms in total. The van der Waals surface area contributed by atoms with Crippen molar-refractivity contribution in [2.24, 2.45) is 5.73 Å². The zero-order chi connectivity index (χ0) is 19.3. The molecule has 4 N–H and O–H groups in total. The first-order chi connectivity index (χ1) is 12.2. The van der Waals surface area contributed by atoms with Gasteiger partial charge in [-0.2, -0.15) is 13.2 Å². The minimum atomic E-state index is -4.38. The number of alkyl halides is 3. The summed E-state index contributed by atoms with van der Waals surface area (Å²) in [6, 6.07) is 10.9. The second-order valence-electron chi connectivity index (χ2n) is 6.24. The molecule has 2 aromatic rings. The minimum Gasteiger partial charge on any atom is -0.457 e. The van der Waals surface area contributed by atoms with E-state index in [4.69, 9.17) is 15.6 Å². The van der Waals surface area contributed by atoms with E-state index in [9.17, 15) is 18.3 Å². The maximum Gasteiger partial charge on any atom is 0.416 e. The van der Waals surface area contributed by atoms with E-state index in [0.29, 0.717) is 17.9 Å². The van der Waals surface area contributed by atoms with E-state index >= 15 is 0 Å². The fraction of sp³-hybridized carbons (Fsp3) is 0.368. The van der Waals surface area contributed by atoms with Crippen LogP contribution < -0.4 is 10.5 Å². The number of nitrogens with two attached hydrogens (primary N) is 1. The molecule has 0 fully saturated rings. The van der Waals surface area contributed by atoms with Gasteiger partial charge < -0.3 is 20.7 Å². The average molecular weight is 369 g/mol. The van der Waals surface area contributed by atoms with Crippen LogP contribution in [0.4, 0.5) is 13.2 Å². The summed E-state index contributed by atoms with van der Waals surface area (Å²) in [5.41, 5.74) is 5.82. The average Bonchev–Trinajstić information content (AvgIpc) is 2.61. The number of halogens is 3. The lowest BCUT2D eigenvalue weighted by Gasteiger charge is -2.21. The Hall–Kier alpha value is -2.09. The largest absolute Gasteiger partial charge is 0.457 e. The zero-order valence-corrected chi connectivity index (χ0v) is 14.3. The molecule has 0 saturated heterocycles. The lowest BCUT2D eigenvalue weighted by molar-refractivity contribution is -0.137. The van der Waals surface area contributed by atoms with Crippen molar-refractivity contribution >= 4 is 0 Å². The van der Waals surface area contributed by atoms with Crippen LogP contribution in [0.3, 0.4) is 0 Å². The Labute approximate surface area is 150 Å². The quantitative estimate of drug-likeness (QED) is 0.696. The molecule has 26 heavy (non-hydrogen) atoms. The van der Waals surface area contributed by atoms with Crippen LogP contribution in [0.5, 0.6) is 11.5 Å². The number of ether oxygens (including phenoxy) is 1. The predicted molar refractivity (Wildman–Crippen MR) is 92.1 cm³/mol. The minimum absolute atomic E-state index is 0.0164. The van der Waals surface area contributed by atoms with Crippen LogP contribution in [0, 0.1) is 0 Å². The van der Waals surface area contributed by atoms with Gasteiger partial charge in [0.2, 0.25) is 0 Å². The van der Waals surface area contributed by atoms with Gasteiger partial charge in [0.05, 0.1) is 24.3 Å². The van der Waals surface area contributed by atoms with Crippen LogP contribution in [0.15, 0.2) is 48.5 Å². The summed E-state index contributed by atoms with van der Waals surface area (Å²) in [6.45, 7) is 1.65. The molecule has 0 amide bonds. The van der Waals surface area contributed by atoms with Gasteiger partial charge in [0.15, 0.2) is 0 Å². The highest BCUT2D eigenvalue weighted by Gasteiger charge is 2.30. The first kappa shape index (κ1) is 20.2. The Morgan fingerprint density at radius 3 is 1.96 bits per heavy atom. The standard InChI is InChI=1S/C19H22F3NO3/c1-12(10-18(25)17(23)11-24)13-2-6-15(7-3-13)26-16-8-4-14(5-9-16)19(20,21)22/h2-9,12,17-18,24-25H,10-11,23H2,1H3. The van der Waals surface area contributed by atoms with E-state index in [-0.39, 0.29) is 12.5 Å². The molecule has 0 bridgehead atoms. The number of rotatable bonds is 7. The van der Waals surface area contributed by atoms with E-state index in [0.717, 1.165) is 17.7 Å². The Morgan fingerprint density at radius 2 is 1.50 bits per heavy atom. The van der Waals surface area contributed by atoms with Gasteiger partial charge in [0.25, 0.3) is 0 Å². The Kier molecular flexibility index (Phi) is 6.63. The topological polar surface area (TPSA) is 75.7 Å². The normalized spacial score (nSPS) is 15.3. The Balaban J connectivity index is 1.99. The number of aliphatic hydroxyl groups is 2. The molecule has 0 saturated carbocycles. The van der Waals surface area contributed by atoms with Crippen LogP contribution in [0.25, 0.3) is 0 Å². The number of benzene rings is 2.